The van der Waals surface area contributed by atoms with Crippen LogP contribution in [0.4, 0.5) is 0 Å². The van der Waals surface area contributed by atoms with Crippen LogP contribution in [0.15, 0.2) is 76.3 Å². The van der Waals surface area contributed by atoms with Crippen LogP contribution in [0, 0.1) is 10.1 Å². The number of pyridine rings is 2. The number of esters is 1. The third-order valence-electron chi connectivity index (χ3n) is 5.71. The Morgan fingerprint density at radius 2 is 2.02 bits per heavy atom. The normalized spacial score (nSPS) is 12.4. The molecule has 0 aliphatic rings. The molecule has 0 saturated carbocycles. The standard InChI is InChI=1S/C28H31N5O7/c1-5-39-17-11-16-32-25-20(27(35)31-15-10-9-13-23(31)29-25)18-21(28(36)40-6-2)26(32)30-24(34)14-8-7-12-22(19(3)4)33(37)38/h7-10,12-13,15,18H,3,5-6,11,14,16-17H2,1-2,4H3/b8-7-,22-12+,30-26?. The van der Waals surface area contributed by atoms with E-state index in [0.29, 0.717) is 25.3 Å². The number of carbonyl (C=O) groups is 2. The van der Waals surface area contributed by atoms with Crippen molar-refractivity contribution in [1.82, 2.24) is 14.0 Å². The van der Waals surface area contributed by atoms with Crippen molar-refractivity contribution in [3.63, 3.8) is 0 Å². The number of fused-ring (bicyclic) bond motifs is 2. The van der Waals surface area contributed by atoms with Crippen LogP contribution >= 0.6 is 0 Å². The molecule has 0 bridgehead atoms. The Morgan fingerprint density at radius 3 is 2.70 bits per heavy atom. The van der Waals surface area contributed by atoms with Gasteiger partial charge in [-0.2, -0.15) is 4.99 Å². The van der Waals surface area contributed by atoms with Gasteiger partial charge in [-0.25, -0.2) is 9.78 Å². The summed E-state index contributed by atoms with van der Waals surface area (Å²) in [5, 5.41) is 11.3. The summed E-state index contributed by atoms with van der Waals surface area (Å²) in [5.41, 5.74) is 0.265. The highest BCUT2D eigenvalue weighted by Crippen LogP contribution is 2.12. The predicted octanol–water partition coefficient (Wildman–Crippen LogP) is 3.36. The number of nitrogens with zero attached hydrogens (tertiary/aromatic N) is 5. The van der Waals surface area contributed by atoms with Crippen molar-refractivity contribution < 1.29 is 24.0 Å². The zero-order valence-electron chi connectivity index (χ0n) is 22.7. The van der Waals surface area contributed by atoms with E-state index in [0.717, 1.165) is 0 Å². The molecular weight excluding hydrogens is 518 g/mol. The average Bonchev–Trinajstić information content (AvgIpc) is 2.91. The maximum atomic E-state index is 13.4. The summed E-state index contributed by atoms with van der Waals surface area (Å²) in [6.45, 7) is 9.81. The van der Waals surface area contributed by atoms with E-state index in [1.54, 1.807) is 35.9 Å². The highest BCUT2D eigenvalue weighted by atomic mass is 16.6. The molecule has 0 spiro atoms. The van der Waals surface area contributed by atoms with Gasteiger partial charge in [0, 0.05) is 44.0 Å². The summed E-state index contributed by atoms with van der Waals surface area (Å²) in [6.07, 6.45) is 5.89. The first kappa shape index (κ1) is 29.8. The molecule has 0 N–H and O–H groups in total. The van der Waals surface area contributed by atoms with E-state index < -0.39 is 22.4 Å². The van der Waals surface area contributed by atoms with Gasteiger partial charge < -0.3 is 14.0 Å². The third kappa shape index (κ3) is 7.03. The van der Waals surface area contributed by atoms with Crippen LogP contribution in [0.2, 0.25) is 0 Å². The van der Waals surface area contributed by atoms with E-state index in [9.17, 15) is 24.5 Å². The minimum atomic E-state index is -0.748. The Labute approximate surface area is 229 Å². The van der Waals surface area contributed by atoms with E-state index in [-0.39, 0.29) is 52.9 Å². The van der Waals surface area contributed by atoms with Gasteiger partial charge in [0.05, 0.1) is 16.9 Å². The Hall–Kier alpha value is -4.71. The van der Waals surface area contributed by atoms with Crippen LogP contribution in [0.1, 0.15) is 44.0 Å². The fourth-order valence-corrected chi connectivity index (χ4v) is 3.89. The van der Waals surface area contributed by atoms with Gasteiger partial charge >= 0.3 is 5.97 Å². The van der Waals surface area contributed by atoms with Crippen molar-refractivity contribution in [3.05, 3.63) is 98.1 Å². The summed E-state index contributed by atoms with van der Waals surface area (Å²) in [5.74, 6) is -1.37. The lowest BCUT2D eigenvalue weighted by Crippen LogP contribution is -2.33. The first-order valence-electron chi connectivity index (χ1n) is 12.7. The second-order valence-electron chi connectivity index (χ2n) is 8.61. The van der Waals surface area contributed by atoms with Crippen molar-refractivity contribution in [3.8, 4) is 0 Å². The first-order valence-corrected chi connectivity index (χ1v) is 12.7. The van der Waals surface area contributed by atoms with Crippen molar-refractivity contribution in [2.75, 3.05) is 19.8 Å². The number of allylic oxidation sites excluding steroid dienone is 3. The fraction of sp³-hybridized carbons (Fsp3) is 0.321. The molecule has 0 aliphatic carbocycles. The minimum Gasteiger partial charge on any atom is -0.462 e. The lowest BCUT2D eigenvalue weighted by molar-refractivity contribution is -0.420. The van der Waals surface area contributed by atoms with E-state index in [2.05, 4.69) is 16.6 Å². The minimum absolute atomic E-state index is 0.00325. The smallest absolute Gasteiger partial charge is 0.341 e. The highest BCUT2D eigenvalue weighted by molar-refractivity contribution is 5.93. The molecule has 0 saturated heterocycles. The summed E-state index contributed by atoms with van der Waals surface area (Å²) in [4.78, 5) is 58.7. The molecule has 0 unspecified atom stereocenters. The van der Waals surface area contributed by atoms with Gasteiger partial charge in [0.25, 0.3) is 17.2 Å². The summed E-state index contributed by atoms with van der Waals surface area (Å²) >= 11 is 0. The molecule has 0 atom stereocenters. The quantitative estimate of drug-likeness (QED) is 0.0834. The molecule has 40 heavy (non-hydrogen) atoms. The Morgan fingerprint density at radius 1 is 1.25 bits per heavy atom. The number of nitro groups is 1. The molecule has 0 aliphatic heterocycles. The number of carbonyl (C=O) groups excluding carboxylic acids is 2. The summed E-state index contributed by atoms with van der Waals surface area (Å²) < 4.78 is 13.6. The van der Waals surface area contributed by atoms with E-state index in [1.165, 1.54) is 35.6 Å². The zero-order chi connectivity index (χ0) is 29.2. The summed E-state index contributed by atoms with van der Waals surface area (Å²) in [6, 6.07) is 6.46. The Bertz CT molecular complexity index is 1630. The molecule has 3 rings (SSSR count). The average molecular weight is 550 g/mol. The molecule has 3 aromatic heterocycles. The predicted molar refractivity (Wildman–Crippen MR) is 148 cm³/mol. The van der Waals surface area contributed by atoms with Gasteiger partial charge in [-0.1, -0.05) is 24.8 Å². The number of hydrogen-bond donors (Lipinski definition) is 0. The van der Waals surface area contributed by atoms with Crippen LogP contribution in [-0.4, -0.2) is 50.6 Å². The monoisotopic (exact) mass is 549 g/mol. The van der Waals surface area contributed by atoms with Crippen LogP contribution in [0.5, 0.6) is 0 Å². The van der Waals surface area contributed by atoms with Gasteiger partial charge in [-0.3, -0.25) is 24.1 Å². The van der Waals surface area contributed by atoms with E-state index in [4.69, 9.17) is 9.47 Å². The van der Waals surface area contributed by atoms with Crippen molar-refractivity contribution in [1.29, 1.82) is 0 Å². The topological polar surface area (TPSA) is 147 Å². The van der Waals surface area contributed by atoms with Crippen LogP contribution in [-0.2, 0) is 20.8 Å². The second-order valence-corrected chi connectivity index (χ2v) is 8.61. The third-order valence-corrected chi connectivity index (χ3v) is 5.71. The van der Waals surface area contributed by atoms with Crippen LogP contribution in [0.3, 0.4) is 0 Å². The van der Waals surface area contributed by atoms with Gasteiger partial charge in [-0.05, 0) is 45.4 Å². The molecule has 0 aromatic carbocycles. The molecular formula is C28H31N5O7. The van der Waals surface area contributed by atoms with Crippen molar-refractivity contribution in [2.45, 2.75) is 40.2 Å². The lowest BCUT2D eigenvalue weighted by atomic mass is 10.2. The maximum absolute atomic E-state index is 13.4. The van der Waals surface area contributed by atoms with Gasteiger partial charge in [0.15, 0.2) is 5.49 Å². The Balaban J connectivity index is 2.22. The van der Waals surface area contributed by atoms with E-state index >= 15 is 0 Å². The largest absolute Gasteiger partial charge is 0.462 e. The number of aryl methyl sites for hydroxylation is 1. The molecule has 12 heteroatoms. The van der Waals surface area contributed by atoms with Crippen molar-refractivity contribution in [2.24, 2.45) is 4.99 Å². The van der Waals surface area contributed by atoms with E-state index in [1.807, 2.05) is 6.92 Å². The molecule has 12 nitrogen and oxygen atoms in total. The SMILES string of the molecule is C=C(C)/C(=C\C=C/CC(=O)N=c1c(C(=O)OCC)cc2c(=O)n3ccccc3nc2n1CCCOCC)[N+](=O)[O-]. The van der Waals surface area contributed by atoms with Crippen molar-refractivity contribution >= 4 is 28.6 Å². The van der Waals surface area contributed by atoms with Gasteiger partial charge in [0.1, 0.15) is 16.9 Å². The second kappa shape index (κ2) is 13.9. The molecule has 0 radical (unpaired) electrons. The van der Waals surface area contributed by atoms with Crippen LogP contribution < -0.4 is 11.0 Å². The van der Waals surface area contributed by atoms with Gasteiger partial charge in [0.2, 0.25) is 0 Å². The molecule has 3 heterocycles. The first-order chi connectivity index (χ1) is 19.2. The fourth-order valence-electron chi connectivity index (χ4n) is 3.89. The number of aromatic nitrogens is 3. The highest BCUT2D eigenvalue weighted by Gasteiger charge is 2.20. The van der Waals surface area contributed by atoms with Crippen LogP contribution in [0.25, 0.3) is 16.7 Å². The maximum Gasteiger partial charge on any atom is 0.341 e. The molecule has 210 valence electrons. The zero-order valence-corrected chi connectivity index (χ0v) is 22.7. The Kier molecular flexibility index (Phi) is 10.4. The molecule has 1 amide bonds. The number of amides is 1. The molecule has 3 aromatic rings. The lowest BCUT2D eigenvalue weighted by Gasteiger charge is -2.15. The number of ether oxygens (including phenoxy) is 2. The number of rotatable bonds is 12. The van der Waals surface area contributed by atoms with Gasteiger partial charge in [-0.15, -0.1) is 0 Å². The molecule has 0 fully saturated rings. The summed E-state index contributed by atoms with van der Waals surface area (Å²) in [7, 11) is 0. The number of hydrogen-bond acceptors (Lipinski definition) is 8.